The number of benzene rings is 1. The second-order valence-corrected chi connectivity index (χ2v) is 5.16. The number of nitrogens with zero attached hydrogens (tertiary/aromatic N) is 1. The third-order valence-corrected chi connectivity index (χ3v) is 3.74. The van der Waals surface area contributed by atoms with Gasteiger partial charge in [0, 0.05) is 25.0 Å². The van der Waals surface area contributed by atoms with Crippen molar-refractivity contribution in [2.75, 3.05) is 18.0 Å². The molecule has 2 rings (SSSR count). The van der Waals surface area contributed by atoms with E-state index in [1.165, 1.54) is 6.07 Å². The van der Waals surface area contributed by atoms with E-state index in [1.807, 2.05) is 17.9 Å². The van der Waals surface area contributed by atoms with Crippen molar-refractivity contribution >= 4 is 11.6 Å². The Morgan fingerprint density at radius 2 is 2.05 bits per heavy atom. The van der Waals surface area contributed by atoms with Gasteiger partial charge in [-0.05, 0) is 37.5 Å². The molecule has 1 saturated heterocycles. The van der Waals surface area contributed by atoms with E-state index in [4.69, 9.17) is 11.5 Å². The van der Waals surface area contributed by atoms with Crippen LogP contribution < -0.4 is 16.4 Å². The molecule has 0 spiro atoms. The molecule has 1 heterocycles. The van der Waals surface area contributed by atoms with E-state index in [0.717, 1.165) is 5.56 Å². The molecule has 4 N–H and O–H groups in total. The van der Waals surface area contributed by atoms with E-state index < -0.39 is 0 Å². The summed E-state index contributed by atoms with van der Waals surface area (Å²) in [6.45, 7) is 3.14. The van der Waals surface area contributed by atoms with Gasteiger partial charge in [0.25, 0.3) is 0 Å². The van der Waals surface area contributed by atoms with Crippen LogP contribution in [0.1, 0.15) is 31.4 Å². The SMILES string of the molecule is CC(N)c1ccc(N2CCC(C(N)=O)CC2)c(F)c1. The lowest BCUT2D eigenvalue weighted by atomic mass is 9.95. The molecule has 104 valence electrons. The van der Waals surface area contributed by atoms with Gasteiger partial charge in [-0.1, -0.05) is 6.07 Å². The molecule has 1 aliphatic rings. The fourth-order valence-electron chi connectivity index (χ4n) is 2.47. The van der Waals surface area contributed by atoms with Crippen molar-refractivity contribution in [3.05, 3.63) is 29.6 Å². The van der Waals surface area contributed by atoms with Crippen molar-refractivity contribution in [2.24, 2.45) is 17.4 Å². The monoisotopic (exact) mass is 265 g/mol. The second kappa shape index (κ2) is 5.57. The summed E-state index contributed by atoms with van der Waals surface area (Å²) in [6, 6.07) is 4.92. The molecule has 19 heavy (non-hydrogen) atoms. The maximum Gasteiger partial charge on any atom is 0.220 e. The van der Waals surface area contributed by atoms with Gasteiger partial charge in [-0.15, -0.1) is 0 Å². The zero-order valence-electron chi connectivity index (χ0n) is 11.1. The van der Waals surface area contributed by atoms with Gasteiger partial charge in [0.15, 0.2) is 0 Å². The number of hydrogen-bond donors (Lipinski definition) is 2. The molecule has 0 aliphatic carbocycles. The maximum absolute atomic E-state index is 14.1. The van der Waals surface area contributed by atoms with Crippen molar-refractivity contribution in [3.63, 3.8) is 0 Å². The van der Waals surface area contributed by atoms with Crippen molar-refractivity contribution in [3.8, 4) is 0 Å². The van der Waals surface area contributed by atoms with Crippen LogP contribution in [0.15, 0.2) is 18.2 Å². The first-order valence-corrected chi connectivity index (χ1v) is 6.58. The second-order valence-electron chi connectivity index (χ2n) is 5.16. The van der Waals surface area contributed by atoms with Gasteiger partial charge in [0.05, 0.1) is 5.69 Å². The van der Waals surface area contributed by atoms with Gasteiger partial charge < -0.3 is 16.4 Å². The smallest absolute Gasteiger partial charge is 0.220 e. The molecule has 1 aromatic carbocycles. The van der Waals surface area contributed by atoms with Crippen LogP contribution in [0.3, 0.4) is 0 Å². The highest BCUT2D eigenvalue weighted by molar-refractivity contribution is 5.77. The summed E-state index contributed by atoms with van der Waals surface area (Å²) in [4.78, 5) is 13.1. The summed E-state index contributed by atoms with van der Waals surface area (Å²) in [5.74, 6) is -0.595. The molecule has 1 aliphatic heterocycles. The van der Waals surface area contributed by atoms with Crippen molar-refractivity contribution < 1.29 is 9.18 Å². The molecule has 1 fully saturated rings. The number of primary amides is 1. The summed E-state index contributed by atoms with van der Waals surface area (Å²) < 4.78 is 14.1. The van der Waals surface area contributed by atoms with Gasteiger partial charge in [-0.2, -0.15) is 0 Å². The van der Waals surface area contributed by atoms with E-state index in [1.54, 1.807) is 6.07 Å². The fraction of sp³-hybridized carbons (Fsp3) is 0.500. The minimum atomic E-state index is -0.257. The Bertz CT molecular complexity index is 468. The predicted octanol–water partition coefficient (Wildman–Crippen LogP) is 1.55. The van der Waals surface area contributed by atoms with Crippen molar-refractivity contribution in [2.45, 2.75) is 25.8 Å². The van der Waals surface area contributed by atoms with E-state index in [2.05, 4.69) is 0 Å². The zero-order chi connectivity index (χ0) is 14.0. The Morgan fingerprint density at radius 1 is 1.42 bits per heavy atom. The number of carbonyl (C=O) groups excluding carboxylic acids is 1. The van der Waals surface area contributed by atoms with E-state index in [-0.39, 0.29) is 23.7 Å². The lowest BCUT2D eigenvalue weighted by molar-refractivity contribution is -0.122. The Balaban J connectivity index is 2.09. The lowest BCUT2D eigenvalue weighted by Crippen LogP contribution is -2.38. The number of hydrogen-bond acceptors (Lipinski definition) is 3. The molecule has 1 amide bonds. The molecule has 0 aromatic heterocycles. The van der Waals surface area contributed by atoms with Crippen molar-refractivity contribution in [1.82, 2.24) is 0 Å². The van der Waals surface area contributed by atoms with Gasteiger partial charge in [-0.3, -0.25) is 4.79 Å². The van der Waals surface area contributed by atoms with Crippen LogP contribution in [0.25, 0.3) is 0 Å². The third kappa shape index (κ3) is 3.04. The summed E-state index contributed by atoms with van der Waals surface area (Å²) in [7, 11) is 0. The number of halogens is 1. The van der Waals surface area contributed by atoms with E-state index in [9.17, 15) is 9.18 Å². The first kappa shape index (κ1) is 13.8. The number of piperidine rings is 1. The number of carbonyl (C=O) groups is 1. The Labute approximate surface area is 112 Å². The first-order valence-electron chi connectivity index (χ1n) is 6.58. The first-order chi connectivity index (χ1) is 8.99. The maximum atomic E-state index is 14.1. The Kier molecular flexibility index (Phi) is 4.04. The standard InChI is InChI=1S/C14H20FN3O/c1-9(16)11-2-3-13(12(15)8-11)18-6-4-10(5-7-18)14(17)19/h2-3,8-10H,4-7,16H2,1H3,(H2,17,19). The molecular weight excluding hydrogens is 245 g/mol. The molecule has 0 bridgehead atoms. The number of anilines is 1. The van der Waals surface area contributed by atoms with Gasteiger partial charge in [-0.25, -0.2) is 4.39 Å². The Morgan fingerprint density at radius 3 is 2.53 bits per heavy atom. The summed E-state index contributed by atoms with van der Waals surface area (Å²) in [5, 5.41) is 0. The molecule has 5 heteroatoms. The largest absolute Gasteiger partial charge is 0.369 e. The van der Waals surface area contributed by atoms with E-state index >= 15 is 0 Å². The van der Waals surface area contributed by atoms with Crippen LogP contribution in [0.5, 0.6) is 0 Å². The average Bonchev–Trinajstić information content (AvgIpc) is 2.38. The van der Waals surface area contributed by atoms with Crippen LogP contribution in [-0.2, 0) is 4.79 Å². The normalized spacial score (nSPS) is 18.4. The average molecular weight is 265 g/mol. The third-order valence-electron chi connectivity index (χ3n) is 3.74. The molecule has 0 saturated carbocycles. The lowest BCUT2D eigenvalue weighted by Gasteiger charge is -2.32. The highest BCUT2D eigenvalue weighted by Gasteiger charge is 2.24. The predicted molar refractivity (Wildman–Crippen MR) is 73.1 cm³/mol. The highest BCUT2D eigenvalue weighted by Crippen LogP contribution is 2.27. The summed E-state index contributed by atoms with van der Waals surface area (Å²) >= 11 is 0. The van der Waals surface area contributed by atoms with Crippen LogP contribution in [0, 0.1) is 11.7 Å². The summed E-state index contributed by atoms with van der Waals surface area (Å²) in [5.41, 5.74) is 12.4. The minimum absolute atomic E-state index is 0.0809. The van der Waals surface area contributed by atoms with Crippen LogP contribution in [0.4, 0.5) is 10.1 Å². The number of nitrogens with two attached hydrogens (primary N) is 2. The highest BCUT2D eigenvalue weighted by atomic mass is 19.1. The summed E-state index contributed by atoms with van der Waals surface area (Å²) in [6.07, 6.45) is 1.37. The fourth-order valence-corrected chi connectivity index (χ4v) is 2.47. The molecular formula is C14H20FN3O. The van der Waals surface area contributed by atoms with Crippen LogP contribution in [0.2, 0.25) is 0 Å². The Hall–Kier alpha value is -1.62. The number of rotatable bonds is 3. The molecule has 0 radical (unpaired) electrons. The quantitative estimate of drug-likeness (QED) is 0.871. The van der Waals surface area contributed by atoms with Crippen LogP contribution >= 0.6 is 0 Å². The van der Waals surface area contributed by atoms with Gasteiger partial charge >= 0.3 is 0 Å². The van der Waals surface area contributed by atoms with Gasteiger partial charge in [0.2, 0.25) is 5.91 Å². The van der Waals surface area contributed by atoms with E-state index in [0.29, 0.717) is 31.6 Å². The van der Waals surface area contributed by atoms with Gasteiger partial charge in [0.1, 0.15) is 5.82 Å². The zero-order valence-corrected chi connectivity index (χ0v) is 11.1. The topological polar surface area (TPSA) is 72.3 Å². The van der Waals surface area contributed by atoms with Crippen molar-refractivity contribution in [1.29, 1.82) is 0 Å². The molecule has 1 unspecified atom stereocenters. The molecule has 1 aromatic rings. The number of amides is 1. The molecule has 1 atom stereocenters. The van der Waals surface area contributed by atoms with Crippen LogP contribution in [-0.4, -0.2) is 19.0 Å². The molecule has 4 nitrogen and oxygen atoms in total. The minimum Gasteiger partial charge on any atom is -0.369 e.